The molecule has 1 N–H and O–H groups in total. The molecule has 1 fully saturated rings. The maximum Gasteiger partial charge on any atom is 0.317 e. The van der Waals surface area contributed by atoms with E-state index in [1.54, 1.807) is 11.8 Å². The van der Waals surface area contributed by atoms with E-state index in [9.17, 15) is 10.1 Å². The molecule has 37 heavy (non-hydrogen) atoms. The Hall–Kier alpha value is -3.28. The van der Waals surface area contributed by atoms with Crippen LogP contribution in [-0.4, -0.2) is 66.8 Å². The van der Waals surface area contributed by atoms with Gasteiger partial charge in [-0.15, -0.1) is 0 Å². The molecule has 2 heterocycles. The Morgan fingerprint density at radius 2 is 2.03 bits per heavy atom. The summed E-state index contributed by atoms with van der Waals surface area (Å²) in [7, 11) is 2.09. The number of nitrogens with zero attached hydrogens (tertiary/aromatic N) is 4. The topological polar surface area (TPSA) is 81.0 Å². The Kier molecular flexibility index (Phi) is 7.54. The molecular weight excluding hydrogens is 482 g/mol. The number of rotatable bonds is 5. The first-order valence-corrected chi connectivity index (χ1v) is 13.7. The summed E-state index contributed by atoms with van der Waals surface area (Å²) in [4.78, 5) is 23.0. The van der Waals surface area contributed by atoms with Crippen LogP contribution in [0, 0.1) is 11.3 Å². The van der Waals surface area contributed by atoms with Crippen molar-refractivity contribution >= 4 is 27.7 Å². The van der Waals surface area contributed by atoms with E-state index in [4.69, 9.17) is 9.73 Å². The van der Waals surface area contributed by atoms with Gasteiger partial charge in [0.05, 0.1) is 24.3 Å². The van der Waals surface area contributed by atoms with Crippen LogP contribution in [0.15, 0.2) is 47.5 Å². The molecule has 2 aliphatic heterocycles. The second kappa shape index (κ2) is 11.0. The number of ether oxygens (including phenoxy) is 1. The summed E-state index contributed by atoms with van der Waals surface area (Å²) in [6.07, 6.45) is 4.02. The molecule has 0 unspecified atom stereocenters. The summed E-state index contributed by atoms with van der Waals surface area (Å²) < 4.78 is 5.78. The number of carbonyl (C=O) groups excluding carboxylic acids is 1. The fourth-order valence-electron chi connectivity index (χ4n) is 5.10. The fourth-order valence-corrected chi connectivity index (χ4v) is 6.15. The maximum absolute atomic E-state index is 12.9. The number of likely N-dealkylation sites (N-methyl/N-ethyl adjacent to an activating group) is 1. The molecule has 0 aromatic heterocycles. The molecule has 1 atom stereocenters. The van der Waals surface area contributed by atoms with E-state index in [-0.39, 0.29) is 18.2 Å². The average Bonchev–Trinajstić information content (AvgIpc) is 3.32. The zero-order chi connectivity index (χ0) is 25.9. The summed E-state index contributed by atoms with van der Waals surface area (Å²) in [5.41, 5.74) is 5.18. The number of amides is 2. The largest absolute Gasteiger partial charge is 0.490 e. The molecule has 8 heteroatoms. The number of hydrogen-bond donors (Lipinski definition) is 1. The van der Waals surface area contributed by atoms with Gasteiger partial charge in [-0.05, 0) is 74.7 Å². The Balaban J connectivity index is 1.31. The van der Waals surface area contributed by atoms with E-state index in [2.05, 4.69) is 47.6 Å². The van der Waals surface area contributed by atoms with Gasteiger partial charge >= 0.3 is 6.03 Å². The van der Waals surface area contributed by atoms with Crippen molar-refractivity contribution in [3.8, 4) is 11.8 Å². The summed E-state index contributed by atoms with van der Waals surface area (Å²) in [6.45, 7) is 7.87. The van der Waals surface area contributed by atoms with Crippen LogP contribution >= 0.6 is 11.8 Å². The number of benzene rings is 2. The van der Waals surface area contributed by atoms with Crippen molar-refractivity contribution < 1.29 is 9.53 Å². The molecule has 7 nitrogen and oxygen atoms in total. The van der Waals surface area contributed by atoms with Crippen LogP contribution in [-0.2, 0) is 6.42 Å². The highest BCUT2D eigenvalue weighted by molar-refractivity contribution is 8.22. The molecule has 192 valence electrons. The third-order valence-electron chi connectivity index (χ3n) is 7.05. The van der Waals surface area contributed by atoms with Crippen molar-refractivity contribution in [3.05, 3.63) is 70.3 Å². The van der Waals surface area contributed by atoms with Crippen LogP contribution in [0.1, 0.15) is 54.1 Å². The van der Waals surface area contributed by atoms with E-state index < -0.39 is 0 Å². The maximum atomic E-state index is 12.9. The SMILES string of the molecule is CC(C)Oc1ccc(C2=NCC=C(c3cccc4c3CC[C@H]4NC(=O)N3CCN(C)CC3)S2)cc1C#N. The predicted octanol–water partition coefficient (Wildman–Crippen LogP) is 4.82. The Morgan fingerprint density at radius 1 is 1.22 bits per heavy atom. The van der Waals surface area contributed by atoms with Crippen molar-refractivity contribution in [3.63, 3.8) is 0 Å². The third-order valence-corrected chi connectivity index (χ3v) is 8.22. The van der Waals surface area contributed by atoms with Crippen LogP contribution < -0.4 is 10.1 Å². The van der Waals surface area contributed by atoms with E-state index in [1.165, 1.54) is 21.6 Å². The second-order valence-electron chi connectivity index (χ2n) is 10.0. The quantitative estimate of drug-likeness (QED) is 0.617. The molecular formula is C29H33N5O2S. The van der Waals surface area contributed by atoms with E-state index in [1.807, 2.05) is 36.9 Å². The van der Waals surface area contributed by atoms with Crippen molar-refractivity contribution in [1.82, 2.24) is 15.1 Å². The number of hydrogen-bond acceptors (Lipinski definition) is 6. The van der Waals surface area contributed by atoms with Crippen LogP contribution in [0.5, 0.6) is 5.75 Å². The highest BCUT2D eigenvalue weighted by Gasteiger charge is 2.29. The number of nitrogens with one attached hydrogen (secondary N) is 1. The van der Waals surface area contributed by atoms with Crippen molar-refractivity contribution in [1.29, 1.82) is 5.26 Å². The van der Waals surface area contributed by atoms with Gasteiger partial charge in [0.15, 0.2) is 0 Å². The van der Waals surface area contributed by atoms with Gasteiger partial charge in [0, 0.05) is 36.6 Å². The molecule has 1 saturated heterocycles. The van der Waals surface area contributed by atoms with Gasteiger partial charge in [0.1, 0.15) is 16.9 Å². The minimum absolute atomic E-state index is 0.00391. The third kappa shape index (κ3) is 5.53. The average molecular weight is 516 g/mol. The molecule has 2 aromatic carbocycles. The monoisotopic (exact) mass is 515 g/mol. The fraction of sp³-hybridized carbons (Fsp3) is 0.414. The number of aliphatic imine (C=N–C) groups is 1. The van der Waals surface area contributed by atoms with Crippen LogP contribution in [0.4, 0.5) is 4.79 Å². The van der Waals surface area contributed by atoms with E-state index >= 15 is 0 Å². The minimum atomic E-state index is 0.00391. The van der Waals surface area contributed by atoms with Gasteiger partial charge in [0.25, 0.3) is 0 Å². The molecule has 0 radical (unpaired) electrons. The van der Waals surface area contributed by atoms with Crippen LogP contribution in [0.3, 0.4) is 0 Å². The van der Waals surface area contributed by atoms with Crippen LogP contribution in [0.2, 0.25) is 0 Å². The van der Waals surface area contributed by atoms with Gasteiger partial charge in [0.2, 0.25) is 0 Å². The van der Waals surface area contributed by atoms with Gasteiger partial charge in [-0.3, -0.25) is 4.99 Å². The number of carbonyl (C=O) groups is 1. The van der Waals surface area contributed by atoms with Crippen molar-refractivity contribution in [2.45, 2.75) is 38.8 Å². The summed E-state index contributed by atoms with van der Waals surface area (Å²) in [5.74, 6) is 0.601. The smallest absolute Gasteiger partial charge is 0.317 e. The summed E-state index contributed by atoms with van der Waals surface area (Å²) in [6, 6.07) is 14.5. The number of fused-ring (bicyclic) bond motifs is 1. The first-order chi connectivity index (χ1) is 17.9. The van der Waals surface area contributed by atoms with Gasteiger partial charge in [-0.25, -0.2) is 4.79 Å². The molecule has 0 saturated carbocycles. The van der Waals surface area contributed by atoms with Gasteiger partial charge in [-0.2, -0.15) is 5.26 Å². The molecule has 2 amide bonds. The number of thioether (sulfide) groups is 1. The summed E-state index contributed by atoms with van der Waals surface area (Å²) >= 11 is 1.64. The highest BCUT2D eigenvalue weighted by atomic mass is 32.2. The lowest BCUT2D eigenvalue weighted by Gasteiger charge is -2.33. The zero-order valence-electron chi connectivity index (χ0n) is 21.7. The van der Waals surface area contributed by atoms with E-state index in [0.717, 1.165) is 49.6 Å². The van der Waals surface area contributed by atoms with Crippen molar-refractivity contribution in [2.24, 2.45) is 4.99 Å². The molecule has 0 spiro atoms. The molecule has 1 aliphatic carbocycles. The summed E-state index contributed by atoms with van der Waals surface area (Å²) in [5, 5.41) is 13.8. The lowest BCUT2D eigenvalue weighted by atomic mass is 10.0. The first kappa shape index (κ1) is 25.4. The second-order valence-corrected chi connectivity index (χ2v) is 11.0. The standard InChI is InChI=1S/C29H33N5O2S/c1-19(2)36-26-10-7-20(17-21(26)18-30)28-31-12-11-27(37-28)24-6-4-5-23-22(24)8-9-25(23)32-29(35)34-15-13-33(3)14-16-34/h4-7,10-11,17,19,25H,8-9,12-16H2,1-3H3,(H,32,35)/t25-/m1/s1. The Labute approximate surface area is 223 Å². The molecule has 0 bridgehead atoms. The predicted molar refractivity (Wildman–Crippen MR) is 149 cm³/mol. The molecule has 2 aromatic rings. The zero-order valence-corrected chi connectivity index (χ0v) is 22.5. The number of nitriles is 1. The van der Waals surface area contributed by atoms with Crippen molar-refractivity contribution in [2.75, 3.05) is 39.8 Å². The highest BCUT2D eigenvalue weighted by Crippen LogP contribution is 2.41. The van der Waals surface area contributed by atoms with E-state index in [0.29, 0.717) is 17.9 Å². The minimum Gasteiger partial charge on any atom is -0.490 e. The lowest BCUT2D eigenvalue weighted by Crippen LogP contribution is -2.51. The van der Waals surface area contributed by atoms with Crippen LogP contribution in [0.25, 0.3) is 4.91 Å². The number of piperazine rings is 1. The normalized spacial score (nSPS) is 19.6. The number of urea groups is 1. The molecule has 3 aliphatic rings. The van der Waals surface area contributed by atoms with Gasteiger partial charge in [-0.1, -0.05) is 30.0 Å². The lowest BCUT2D eigenvalue weighted by molar-refractivity contribution is 0.151. The van der Waals surface area contributed by atoms with Gasteiger partial charge < -0.3 is 19.9 Å². The Bertz CT molecular complexity index is 1290. The first-order valence-electron chi connectivity index (χ1n) is 12.9. The molecule has 5 rings (SSSR count). The Morgan fingerprint density at radius 3 is 2.78 bits per heavy atom.